The molecule has 0 amide bonds. The standard InChI is InChI=1S/C13H13ClFN3/c14-10-6-9(3-4-11(10)15)18-8-16-7-13(18)12-2-1-5-17-12/h3-4,6-8,12,17H,1-2,5H2. The number of benzene rings is 1. The van der Waals surface area contributed by atoms with E-state index in [1.165, 1.54) is 12.5 Å². The Morgan fingerprint density at radius 3 is 3.06 bits per heavy atom. The van der Waals surface area contributed by atoms with Crippen LogP contribution in [0.2, 0.25) is 5.02 Å². The molecule has 5 heteroatoms. The van der Waals surface area contributed by atoms with Crippen LogP contribution in [0.3, 0.4) is 0 Å². The highest BCUT2D eigenvalue weighted by Gasteiger charge is 2.20. The van der Waals surface area contributed by atoms with Gasteiger partial charge in [0.15, 0.2) is 0 Å². The van der Waals surface area contributed by atoms with Crippen LogP contribution in [0.5, 0.6) is 0 Å². The Bertz CT molecular complexity index is 561. The van der Waals surface area contributed by atoms with Crippen LogP contribution >= 0.6 is 11.6 Å². The molecule has 1 aromatic carbocycles. The monoisotopic (exact) mass is 265 g/mol. The van der Waals surface area contributed by atoms with E-state index in [1.54, 1.807) is 18.5 Å². The first-order valence-electron chi connectivity index (χ1n) is 5.97. The van der Waals surface area contributed by atoms with Crippen LogP contribution in [0.25, 0.3) is 5.69 Å². The fourth-order valence-corrected chi connectivity index (χ4v) is 2.53. The van der Waals surface area contributed by atoms with Crippen molar-refractivity contribution in [1.82, 2.24) is 14.9 Å². The van der Waals surface area contributed by atoms with Crippen molar-refractivity contribution >= 4 is 11.6 Å². The van der Waals surface area contributed by atoms with Gasteiger partial charge in [-0.05, 0) is 37.6 Å². The summed E-state index contributed by atoms with van der Waals surface area (Å²) in [4.78, 5) is 4.18. The van der Waals surface area contributed by atoms with E-state index in [9.17, 15) is 4.39 Å². The van der Waals surface area contributed by atoms with Gasteiger partial charge < -0.3 is 9.88 Å². The minimum Gasteiger partial charge on any atom is -0.309 e. The van der Waals surface area contributed by atoms with Gasteiger partial charge in [0.2, 0.25) is 0 Å². The van der Waals surface area contributed by atoms with Crippen molar-refractivity contribution in [1.29, 1.82) is 0 Å². The maximum Gasteiger partial charge on any atom is 0.141 e. The van der Waals surface area contributed by atoms with Gasteiger partial charge in [0, 0.05) is 11.7 Å². The molecule has 1 saturated heterocycles. The number of hydrogen-bond acceptors (Lipinski definition) is 2. The fourth-order valence-electron chi connectivity index (χ4n) is 2.35. The van der Waals surface area contributed by atoms with Gasteiger partial charge >= 0.3 is 0 Å². The zero-order chi connectivity index (χ0) is 12.5. The highest BCUT2D eigenvalue weighted by atomic mass is 35.5. The van der Waals surface area contributed by atoms with Crippen LogP contribution in [0.15, 0.2) is 30.7 Å². The summed E-state index contributed by atoms with van der Waals surface area (Å²) < 4.78 is 15.1. The Hall–Kier alpha value is -1.39. The number of hydrogen-bond donors (Lipinski definition) is 1. The van der Waals surface area contributed by atoms with Crippen molar-refractivity contribution in [2.45, 2.75) is 18.9 Å². The van der Waals surface area contributed by atoms with Gasteiger partial charge in [0.05, 0.1) is 23.2 Å². The summed E-state index contributed by atoms with van der Waals surface area (Å²) in [6.07, 6.45) is 5.85. The van der Waals surface area contributed by atoms with Crippen LogP contribution in [0.4, 0.5) is 4.39 Å². The third kappa shape index (κ3) is 2.02. The average Bonchev–Trinajstić information content (AvgIpc) is 3.00. The van der Waals surface area contributed by atoms with E-state index in [0.717, 1.165) is 24.3 Å². The molecule has 1 unspecified atom stereocenters. The van der Waals surface area contributed by atoms with Gasteiger partial charge in [-0.2, -0.15) is 0 Å². The lowest BCUT2D eigenvalue weighted by Gasteiger charge is -2.14. The summed E-state index contributed by atoms with van der Waals surface area (Å²) in [6.45, 7) is 1.03. The zero-order valence-electron chi connectivity index (χ0n) is 9.74. The smallest absolute Gasteiger partial charge is 0.141 e. The quantitative estimate of drug-likeness (QED) is 0.904. The maximum atomic E-state index is 13.2. The SMILES string of the molecule is Fc1ccc(-n2cncc2C2CCCN2)cc1Cl. The molecule has 0 aliphatic carbocycles. The highest BCUT2D eigenvalue weighted by Crippen LogP contribution is 2.26. The molecule has 2 heterocycles. The minimum absolute atomic E-state index is 0.131. The van der Waals surface area contributed by atoms with Gasteiger partial charge in [0.1, 0.15) is 5.82 Å². The van der Waals surface area contributed by atoms with Crippen molar-refractivity contribution in [3.8, 4) is 5.69 Å². The molecule has 1 aliphatic heterocycles. The number of aromatic nitrogens is 2. The Labute approximate surface area is 110 Å². The summed E-state index contributed by atoms with van der Waals surface area (Å²) in [5.74, 6) is -0.402. The molecule has 1 fully saturated rings. The normalized spacial score (nSPS) is 19.3. The van der Waals surface area contributed by atoms with Gasteiger partial charge in [-0.15, -0.1) is 0 Å². The maximum absolute atomic E-state index is 13.2. The Kier molecular flexibility index (Phi) is 3.06. The lowest BCUT2D eigenvalue weighted by atomic mass is 10.1. The molecule has 0 radical (unpaired) electrons. The van der Waals surface area contributed by atoms with Crippen LogP contribution in [0.1, 0.15) is 24.6 Å². The molecule has 1 aliphatic rings. The van der Waals surface area contributed by atoms with Crippen LogP contribution < -0.4 is 5.32 Å². The topological polar surface area (TPSA) is 29.9 Å². The average molecular weight is 266 g/mol. The minimum atomic E-state index is -0.402. The molecular formula is C13H13ClFN3. The summed E-state index contributed by atoms with van der Waals surface area (Å²) in [5.41, 5.74) is 1.93. The van der Waals surface area contributed by atoms with Crippen molar-refractivity contribution < 1.29 is 4.39 Å². The summed E-state index contributed by atoms with van der Waals surface area (Å²) in [5, 5.41) is 3.56. The van der Waals surface area contributed by atoms with Crippen LogP contribution in [-0.4, -0.2) is 16.1 Å². The van der Waals surface area contributed by atoms with E-state index < -0.39 is 5.82 Å². The summed E-state index contributed by atoms with van der Waals surface area (Å²) in [7, 11) is 0. The second-order valence-corrected chi connectivity index (χ2v) is 4.84. The second kappa shape index (κ2) is 4.71. The van der Waals surface area contributed by atoms with Crippen molar-refractivity contribution in [2.24, 2.45) is 0 Å². The first-order chi connectivity index (χ1) is 8.75. The van der Waals surface area contributed by atoms with Gasteiger partial charge in [-0.25, -0.2) is 9.37 Å². The van der Waals surface area contributed by atoms with E-state index in [1.807, 2.05) is 10.8 Å². The molecule has 1 N–H and O–H groups in total. The Morgan fingerprint density at radius 2 is 2.33 bits per heavy atom. The lowest BCUT2D eigenvalue weighted by molar-refractivity contribution is 0.613. The number of halogens is 2. The molecule has 18 heavy (non-hydrogen) atoms. The van der Waals surface area contributed by atoms with Gasteiger partial charge in [0.25, 0.3) is 0 Å². The number of imidazole rings is 1. The van der Waals surface area contributed by atoms with Gasteiger partial charge in [-0.1, -0.05) is 11.6 Å². The first kappa shape index (κ1) is 11.7. The predicted molar refractivity (Wildman–Crippen MR) is 68.5 cm³/mol. The molecule has 94 valence electrons. The molecule has 3 rings (SSSR count). The number of nitrogens with zero attached hydrogens (tertiary/aromatic N) is 2. The number of rotatable bonds is 2. The third-order valence-electron chi connectivity index (χ3n) is 3.27. The van der Waals surface area contributed by atoms with E-state index in [2.05, 4.69) is 10.3 Å². The molecule has 1 atom stereocenters. The second-order valence-electron chi connectivity index (χ2n) is 4.44. The third-order valence-corrected chi connectivity index (χ3v) is 3.56. The Balaban J connectivity index is 2.00. The van der Waals surface area contributed by atoms with E-state index in [4.69, 9.17) is 11.6 Å². The molecule has 3 nitrogen and oxygen atoms in total. The van der Waals surface area contributed by atoms with Crippen LogP contribution in [-0.2, 0) is 0 Å². The molecule has 0 spiro atoms. The Morgan fingerprint density at radius 1 is 1.44 bits per heavy atom. The van der Waals surface area contributed by atoms with Gasteiger partial charge in [-0.3, -0.25) is 0 Å². The molecule has 1 aromatic heterocycles. The lowest BCUT2D eigenvalue weighted by Crippen LogP contribution is -2.16. The van der Waals surface area contributed by atoms with Crippen LogP contribution in [0, 0.1) is 5.82 Å². The molecule has 2 aromatic rings. The van der Waals surface area contributed by atoms with Crippen molar-refractivity contribution in [3.05, 3.63) is 47.3 Å². The van der Waals surface area contributed by atoms with Crippen molar-refractivity contribution in [3.63, 3.8) is 0 Å². The molecule has 0 bridgehead atoms. The largest absolute Gasteiger partial charge is 0.309 e. The highest BCUT2D eigenvalue weighted by molar-refractivity contribution is 6.30. The van der Waals surface area contributed by atoms with E-state index in [-0.39, 0.29) is 5.02 Å². The van der Waals surface area contributed by atoms with E-state index in [0.29, 0.717) is 6.04 Å². The zero-order valence-corrected chi connectivity index (χ0v) is 10.5. The van der Waals surface area contributed by atoms with E-state index >= 15 is 0 Å². The first-order valence-corrected chi connectivity index (χ1v) is 6.34. The fraction of sp³-hybridized carbons (Fsp3) is 0.308. The molecular weight excluding hydrogens is 253 g/mol. The number of nitrogens with one attached hydrogen (secondary N) is 1. The predicted octanol–water partition coefficient (Wildman–Crippen LogP) is 3.09. The van der Waals surface area contributed by atoms with Crippen molar-refractivity contribution in [2.75, 3.05) is 6.54 Å². The summed E-state index contributed by atoms with van der Waals surface area (Å²) in [6, 6.07) is 5.03. The summed E-state index contributed by atoms with van der Waals surface area (Å²) >= 11 is 5.82. The molecule has 0 saturated carbocycles.